The molecule has 0 aliphatic rings. The molecule has 0 aliphatic heterocycles. The first-order valence-corrected chi connectivity index (χ1v) is 7.39. The van der Waals surface area contributed by atoms with Gasteiger partial charge in [-0.05, 0) is 44.5 Å². The van der Waals surface area contributed by atoms with E-state index in [9.17, 15) is 9.59 Å². The predicted octanol–water partition coefficient (Wildman–Crippen LogP) is 3.30. The summed E-state index contributed by atoms with van der Waals surface area (Å²) in [6.07, 6.45) is 0.396. The molecule has 6 heteroatoms. The Labute approximate surface area is 130 Å². The molecule has 2 rings (SSSR count). The first kappa shape index (κ1) is 15.6. The van der Waals surface area contributed by atoms with E-state index in [1.54, 1.807) is 6.07 Å². The van der Waals surface area contributed by atoms with Gasteiger partial charge in [0.1, 0.15) is 5.69 Å². The standard InChI is InChI=1S/C15H17BrN2O3/c1-15(2,6-5-13(19)20)18-14(21)12-8-9-7-10(16)3-4-11(9)17-12/h3-4,7-8,17H,5-6H2,1-2H3,(H,18,21)(H,19,20). The number of aliphatic carboxylic acids is 1. The van der Waals surface area contributed by atoms with Crippen LogP contribution in [0, 0.1) is 0 Å². The minimum atomic E-state index is -0.868. The largest absolute Gasteiger partial charge is 0.481 e. The smallest absolute Gasteiger partial charge is 0.303 e. The number of nitrogens with one attached hydrogen (secondary N) is 2. The molecule has 0 fully saturated rings. The molecule has 1 aromatic heterocycles. The number of benzene rings is 1. The number of carboxylic acid groups (broad SMARTS) is 1. The molecular formula is C15H17BrN2O3. The maximum atomic E-state index is 12.3. The average molecular weight is 353 g/mol. The number of hydrogen-bond donors (Lipinski definition) is 3. The van der Waals surface area contributed by atoms with Gasteiger partial charge in [-0.3, -0.25) is 9.59 Å². The summed E-state index contributed by atoms with van der Waals surface area (Å²) < 4.78 is 0.947. The second-order valence-corrected chi connectivity index (χ2v) is 6.56. The van der Waals surface area contributed by atoms with Gasteiger partial charge in [0, 0.05) is 27.3 Å². The van der Waals surface area contributed by atoms with Crippen LogP contribution in [0.2, 0.25) is 0 Å². The van der Waals surface area contributed by atoms with Crippen LogP contribution in [0.15, 0.2) is 28.7 Å². The maximum absolute atomic E-state index is 12.3. The molecule has 2 aromatic rings. The van der Waals surface area contributed by atoms with Gasteiger partial charge in [0.25, 0.3) is 5.91 Å². The molecule has 0 unspecified atom stereocenters. The van der Waals surface area contributed by atoms with Crippen LogP contribution in [0.4, 0.5) is 0 Å². The molecule has 0 aliphatic carbocycles. The first-order valence-electron chi connectivity index (χ1n) is 6.59. The molecule has 0 bridgehead atoms. The van der Waals surface area contributed by atoms with Crippen molar-refractivity contribution in [2.24, 2.45) is 0 Å². The van der Waals surface area contributed by atoms with Crippen molar-refractivity contribution in [3.8, 4) is 0 Å². The van der Waals surface area contributed by atoms with Crippen molar-refractivity contribution in [3.05, 3.63) is 34.4 Å². The number of aromatic nitrogens is 1. The second-order valence-electron chi connectivity index (χ2n) is 5.65. The van der Waals surface area contributed by atoms with Gasteiger partial charge >= 0.3 is 5.97 Å². The number of carboxylic acids is 1. The molecule has 21 heavy (non-hydrogen) atoms. The SMILES string of the molecule is CC(C)(CCC(=O)O)NC(=O)c1cc2cc(Br)ccc2[nH]1. The number of H-pyrrole nitrogens is 1. The zero-order valence-electron chi connectivity index (χ0n) is 11.9. The summed E-state index contributed by atoms with van der Waals surface area (Å²) in [5.74, 6) is -1.11. The molecule has 0 radical (unpaired) electrons. The Morgan fingerprint density at radius 1 is 1.33 bits per heavy atom. The third-order valence-corrected chi connectivity index (χ3v) is 3.74. The third kappa shape index (κ3) is 4.07. The molecule has 0 saturated heterocycles. The van der Waals surface area contributed by atoms with Gasteiger partial charge in [-0.1, -0.05) is 15.9 Å². The summed E-state index contributed by atoms with van der Waals surface area (Å²) in [6, 6.07) is 7.50. The summed E-state index contributed by atoms with van der Waals surface area (Å²) in [6.45, 7) is 3.63. The molecular weight excluding hydrogens is 336 g/mol. The topological polar surface area (TPSA) is 82.2 Å². The summed E-state index contributed by atoms with van der Waals surface area (Å²) in [4.78, 5) is 25.9. The van der Waals surface area contributed by atoms with Crippen LogP contribution in [0.1, 0.15) is 37.2 Å². The van der Waals surface area contributed by atoms with Crippen LogP contribution >= 0.6 is 15.9 Å². The molecule has 5 nitrogen and oxygen atoms in total. The van der Waals surface area contributed by atoms with Gasteiger partial charge in [0.2, 0.25) is 0 Å². The van der Waals surface area contributed by atoms with Gasteiger partial charge in [0.05, 0.1) is 0 Å². The van der Waals surface area contributed by atoms with Gasteiger partial charge in [0.15, 0.2) is 0 Å². The Balaban J connectivity index is 2.12. The van der Waals surface area contributed by atoms with Crippen molar-refractivity contribution < 1.29 is 14.7 Å². The Bertz CT molecular complexity index is 691. The molecule has 0 atom stereocenters. The van der Waals surface area contributed by atoms with E-state index in [4.69, 9.17) is 5.11 Å². The summed E-state index contributed by atoms with van der Waals surface area (Å²) >= 11 is 3.39. The fourth-order valence-corrected chi connectivity index (χ4v) is 2.46. The quantitative estimate of drug-likeness (QED) is 0.771. The van der Waals surface area contributed by atoms with E-state index in [0.29, 0.717) is 12.1 Å². The molecule has 0 saturated carbocycles. The highest BCUT2D eigenvalue weighted by molar-refractivity contribution is 9.10. The highest BCUT2D eigenvalue weighted by Gasteiger charge is 2.23. The van der Waals surface area contributed by atoms with Gasteiger partial charge in [-0.15, -0.1) is 0 Å². The minimum Gasteiger partial charge on any atom is -0.481 e. The van der Waals surface area contributed by atoms with Crippen molar-refractivity contribution in [2.45, 2.75) is 32.2 Å². The fourth-order valence-electron chi connectivity index (χ4n) is 2.08. The van der Waals surface area contributed by atoms with E-state index >= 15 is 0 Å². The average Bonchev–Trinajstić information content (AvgIpc) is 2.79. The molecule has 112 valence electrons. The van der Waals surface area contributed by atoms with Crippen LogP contribution in [0.5, 0.6) is 0 Å². The minimum absolute atomic E-state index is 0.0208. The second kappa shape index (κ2) is 5.89. The van der Waals surface area contributed by atoms with E-state index < -0.39 is 11.5 Å². The third-order valence-electron chi connectivity index (χ3n) is 3.24. The lowest BCUT2D eigenvalue weighted by molar-refractivity contribution is -0.137. The Morgan fingerprint density at radius 3 is 2.71 bits per heavy atom. The summed E-state index contributed by atoms with van der Waals surface area (Å²) in [5.41, 5.74) is 0.770. The highest BCUT2D eigenvalue weighted by Crippen LogP contribution is 2.21. The normalized spacial score (nSPS) is 11.6. The highest BCUT2D eigenvalue weighted by atomic mass is 79.9. The van der Waals surface area contributed by atoms with E-state index in [-0.39, 0.29) is 12.3 Å². The maximum Gasteiger partial charge on any atom is 0.303 e. The van der Waals surface area contributed by atoms with Crippen LogP contribution in [0.3, 0.4) is 0 Å². The van der Waals surface area contributed by atoms with E-state index in [0.717, 1.165) is 15.4 Å². The zero-order valence-corrected chi connectivity index (χ0v) is 13.5. The van der Waals surface area contributed by atoms with Crippen LogP contribution in [0.25, 0.3) is 10.9 Å². The van der Waals surface area contributed by atoms with Crippen molar-refractivity contribution in [1.82, 2.24) is 10.3 Å². The van der Waals surface area contributed by atoms with Crippen LogP contribution < -0.4 is 5.32 Å². The molecule has 1 aromatic carbocycles. The number of carbonyl (C=O) groups excluding carboxylic acids is 1. The summed E-state index contributed by atoms with van der Waals surface area (Å²) in [7, 11) is 0. The monoisotopic (exact) mass is 352 g/mol. The van der Waals surface area contributed by atoms with Crippen molar-refractivity contribution >= 4 is 38.7 Å². The summed E-state index contributed by atoms with van der Waals surface area (Å²) in [5, 5.41) is 12.5. The number of rotatable bonds is 5. The molecule has 1 heterocycles. The number of carbonyl (C=O) groups is 2. The van der Waals surface area contributed by atoms with Crippen LogP contribution in [-0.4, -0.2) is 27.5 Å². The van der Waals surface area contributed by atoms with E-state index in [1.165, 1.54) is 0 Å². The van der Waals surface area contributed by atoms with Crippen molar-refractivity contribution in [3.63, 3.8) is 0 Å². The molecule has 1 amide bonds. The van der Waals surface area contributed by atoms with Crippen LogP contribution in [-0.2, 0) is 4.79 Å². The number of aromatic amines is 1. The van der Waals surface area contributed by atoms with Gasteiger partial charge < -0.3 is 15.4 Å². The zero-order chi connectivity index (χ0) is 15.6. The first-order chi connectivity index (χ1) is 9.77. The number of hydrogen-bond acceptors (Lipinski definition) is 2. The Kier molecular flexibility index (Phi) is 4.37. The number of amides is 1. The van der Waals surface area contributed by atoms with E-state index in [2.05, 4.69) is 26.2 Å². The van der Waals surface area contributed by atoms with Gasteiger partial charge in [-0.2, -0.15) is 0 Å². The lowest BCUT2D eigenvalue weighted by atomic mass is 9.98. The predicted molar refractivity (Wildman–Crippen MR) is 84.4 cm³/mol. The number of halogens is 1. The lowest BCUT2D eigenvalue weighted by Crippen LogP contribution is -2.43. The Hall–Kier alpha value is -1.82. The fraction of sp³-hybridized carbons (Fsp3) is 0.333. The lowest BCUT2D eigenvalue weighted by Gasteiger charge is -2.25. The van der Waals surface area contributed by atoms with Gasteiger partial charge in [-0.25, -0.2) is 0 Å². The van der Waals surface area contributed by atoms with E-state index in [1.807, 2.05) is 32.0 Å². The van der Waals surface area contributed by atoms with Crippen molar-refractivity contribution in [1.29, 1.82) is 0 Å². The molecule has 3 N–H and O–H groups in total. The number of fused-ring (bicyclic) bond motifs is 1. The Morgan fingerprint density at radius 2 is 2.05 bits per heavy atom. The molecule has 0 spiro atoms. The van der Waals surface area contributed by atoms with Crippen molar-refractivity contribution in [2.75, 3.05) is 0 Å².